The van der Waals surface area contributed by atoms with Crippen molar-refractivity contribution >= 4 is 5.69 Å². The van der Waals surface area contributed by atoms with Crippen LogP contribution < -0.4 is 0 Å². The van der Waals surface area contributed by atoms with E-state index in [4.69, 9.17) is 0 Å². The molecule has 1 aromatic carbocycles. The Kier molecular flexibility index (Phi) is 4.55. The van der Waals surface area contributed by atoms with Gasteiger partial charge in [0.05, 0.1) is 10.6 Å². The predicted molar refractivity (Wildman–Crippen MR) is 96.1 cm³/mol. The number of hydrogen-bond donors (Lipinski definition) is 0. The second kappa shape index (κ2) is 7.16. The van der Waals surface area contributed by atoms with Crippen molar-refractivity contribution in [3.05, 3.63) is 81.7 Å². The van der Waals surface area contributed by atoms with Gasteiger partial charge in [0.2, 0.25) is 0 Å². The molecule has 0 radical (unpaired) electrons. The van der Waals surface area contributed by atoms with Crippen LogP contribution >= 0.6 is 0 Å². The summed E-state index contributed by atoms with van der Waals surface area (Å²) in [5.41, 5.74) is 3.04. The number of rotatable bonds is 4. The van der Waals surface area contributed by atoms with Gasteiger partial charge in [0.15, 0.2) is 5.82 Å². The molecule has 0 atom stereocenters. The maximum Gasteiger partial charge on any atom is 0.269 e. The molecule has 0 saturated carbocycles. The van der Waals surface area contributed by atoms with Gasteiger partial charge in [-0.2, -0.15) is 0 Å². The molecule has 4 rings (SSSR count). The lowest BCUT2D eigenvalue weighted by molar-refractivity contribution is -0.385. The van der Waals surface area contributed by atoms with Crippen molar-refractivity contribution in [2.24, 2.45) is 0 Å². The zero-order valence-electron chi connectivity index (χ0n) is 14.4. The van der Waals surface area contributed by atoms with Crippen molar-refractivity contribution in [3.8, 4) is 11.4 Å². The molecule has 0 aliphatic carbocycles. The van der Waals surface area contributed by atoms with Gasteiger partial charge in [-0.05, 0) is 18.2 Å². The summed E-state index contributed by atoms with van der Waals surface area (Å²) in [6.45, 7) is 1.57. The normalized spacial score (nSPS) is 14.0. The molecule has 0 unspecified atom stereocenters. The Bertz CT molecular complexity index is 997. The Morgan fingerprint density at radius 1 is 1.26 bits per heavy atom. The molecule has 7 nitrogen and oxygen atoms in total. The van der Waals surface area contributed by atoms with Crippen molar-refractivity contribution in [2.75, 3.05) is 6.54 Å². The number of aromatic nitrogens is 3. The van der Waals surface area contributed by atoms with E-state index in [1.165, 1.54) is 12.1 Å². The van der Waals surface area contributed by atoms with Crippen molar-refractivity contribution < 1.29 is 9.31 Å². The fourth-order valence-electron chi connectivity index (χ4n) is 3.18. The van der Waals surface area contributed by atoms with E-state index < -0.39 is 10.7 Å². The minimum atomic E-state index is -0.512. The fraction of sp³-hybridized carbons (Fsp3) is 0.211. The summed E-state index contributed by atoms with van der Waals surface area (Å²) in [5.74, 6) is 0.203. The van der Waals surface area contributed by atoms with E-state index in [-0.39, 0.29) is 5.69 Å². The smallest absolute Gasteiger partial charge is 0.269 e. The molecule has 0 N–H and O–H groups in total. The Balaban J connectivity index is 1.52. The minimum Gasteiger partial charge on any atom is -0.294 e. The summed E-state index contributed by atoms with van der Waals surface area (Å²) in [4.78, 5) is 25.6. The number of fused-ring (bicyclic) bond motifs is 1. The molecule has 8 heteroatoms. The number of hydrogen-bond acceptors (Lipinski definition) is 6. The molecular weight excluding hydrogens is 349 g/mol. The summed E-state index contributed by atoms with van der Waals surface area (Å²) in [5, 5.41) is 10.9. The number of pyridine rings is 1. The lowest BCUT2D eigenvalue weighted by atomic mass is 10.1. The zero-order valence-corrected chi connectivity index (χ0v) is 14.4. The number of nitrogens with zero attached hydrogens (tertiary/aromatic N) is 5. The number of nitro groups is 1. The molecule has 0 fully saturated rings. The summed E-state index contributed by atoms with van der Waals surface area (Å²) in [6, 6.07) is 7.38. The Labute approximate surface area is 154 Å². The summed E-state index contributed by atoms with van der Waals surface area (Å²) in [6.07, 6.45) is 5.93. The van der Waals surface area contributed by atoms with E-state index in [1.54, 1.807) is 18.6 Å². The third-order valence-corrected chi connectivity index (χ3v) is 4.57. The van der Waals surface area contributed by atoms with Crippen LogP contribution in [0.3, 0.4) is 0 Å². The molecule has 27 heavy (non-hydrogen) atoms. The number of nitro benzene ring substituents is 1. The van der Waals surface area contributed by atoms with Crippen LogP contribution in [0.2, 0.25) is 0 Å². The largest absolute Gasteiger partial charge is 0.294 e. The third kappa shape index (κ3) is 3.65. The highest BCUT2D eigenvalue weighted by Gasteiger charge is 2.21. The Hall–Kier alpha value is -3.26. The molecule has 0 amide bonds. The number of non-ortho nitro benzene ring substituents is 1. The molecule has 3 aromatic rings. The van der Waals surface area contributed by atoms with E-state index in [0.29, 0.717) is 37.4 Å². The van der Waals surface area contributed by atoms with Crippen LogP contribution in [0.1, 0.15) is 16.8 Å². The first kappa shape index (κ1) is 17.2. The van der Waals surface area contributed by atoms with Crippen LogP contribution in [0.25, 0.3) is 11.4 Å². The molecule has 0 spiro atoms. The quantitative estimate of drug-likeness (QED) is 0.522. The van der Waals surface area contributed by atoms with Crippen LogP contribution in [0.15, 0.2) is 48.9 Å². The molecule has 1 aliphatic rings. The first-order valence-corrected chi connectivity index (χ1v) is 8.50. The van der Waals surface area contributed by atoms with Gasteiger partial charge in [-0.3, -0.25) is 20.0 Å². The third-order valence-electron chi connectivity index (χ3n) is 4.57. The van der Waals surface area contributed by atoms with Crippen LogP contribution in [-0.4, -0.2) is 31.3 Å². The van der Waals surface area contributed by atoms with Crippen LogP contribution in [0.5, 0.6) is 0 Å². The van der Waals surface area contributed by atoms with E-state index in [9.17, 15) is 14.5 Å². The van der Waals surface area contributed by atoms with Gasteiger partial charge >= 0.3 is 0 Å². The Morgan fingerprint density at radius 3 is 2.93 bits per heavy atom. The van der Waals surface area contributed by atoms with Crippen LogP contribution in [0.4, 0.5) is 10.1 Å². The second-order valence-corrected chi connectivity index (χ2v) is 6.40. The highest BCUT2D eigenvalue weighted by atomic mass is 19.1. The molecule has 2 aromatic heterocycles. The van der Waals surface area contributed by atoms with E-state index in [2.05, 4.69) is 15.0 Å². The van der Waals surface area contributed by atoms with Crippen molar-refractivity contribution in [1.82, 2.24) is 19.9 Å². The predicted octanol–water partition coefficient (Wildman–Crippen LogP) is 3.14. The number of halogens is 1. The lowest BCUT2D eigenvalue weighted by Gasteiger charge is -2.28. The average Bonchev–Trinajstić information content (AvgIpc) is 2.69. The fourth-order valence-corrected chi connectivity index (χ4v) is 3.18. The maximum absolute atomic E-state index is 14.0. The Morgan fingerprint density at radius 2 is 2.15 bits per heavy atom. The topological polar surface area (TPSA) is 85.0 Å². The molecule has 1 aliphatic heterocycles. The van der Waals surface area contributed by atoms with Crippen molar-refractivity contribution in [1.29, 1.82) is 0 Å². The highest BCUT2D eigenvalue weighted by Crippen LogP contribution is 2.24. The van der Waals surface area contributed by atoms with E-state index >= 15 is 0 Å². The monoisotopic (exact) mass is 365 g/mol. The molecule has 0 saturated heterocycles. The van der Waals surface area contributed by atoms with Crippen molar-refractivity contribution in [2.45, 2.75) is 19.5 Å². The minimum absolute atomic E-state index is 0.103. The SMILES string of the molecule is O=[N+]([O-])c1ccc(F)c(CN2CCc3nc(-c4cccnc4)ncc3C2)c1. The lowest BCUT2D eigenvalue weighted by Crippen LogP contribution is -2.31. The summed E-state index contributed by atoms with van der Waals surface area (Å²) < 4.78 is 14.0. The average molecular weight is 365 g/mol. The van der Waals surface area contributed by atoms with Gasteiger partial charge in [0, 0.05) is 73.5 Å². The molecule has 136 valence electrons. The molecular formula is C19H16FN5O2. The maximum atomic E-state index is 14.0. The van der Waals surface area contributed by atoms with Crippen LogP contribution in [-0.2, 0) is 19.5 Å². The molecule has 3 heterocycles. The van der Waals surface area contributed by atoms with E-state index in [1.807, 2.05) is 17.0 Å². The summed E-state index contributed by atoms with van der Waals surface area (Å²) >= 11 is 0. The van der Waals surface area contributed by atoms with Crippen LogP contribution in [0, 0.1) is 15.9 Å². The van der Waals surface area contributed by atoms with Gasteiger partial charge in [-0.1, -0.05) is 0 Å². The van der Waals surface area contributed by atoms with E-state index in [0.717, 1.165) is 22.9 Å². The van der Waals surface area contributed by atoms with Crippen molar-refractivity contribution in [3.63, 3.8) is 0 Å². The number of benzene rings is 1. The van der Waals surface area contributed by atoms with Gasteiger partial charge in [-0.25, -0.2) is 14.4 Å². The van der Waals surface area contributed by atoms with Gasteiger partial charge < -0.3 is 0 Å². The van der Waals surface area contributed by atoms with Gasteiger partial charge in [-0.15, -0.1) is 0 Å². The molecule has 0 bridgehead atoms. The van der Waals surface area contributed by atoms with Gasteiger partial charge in [0.1, 0.15) is 5.82 Å². The zero-order chi connectivity index (χ0) is 18.8. The second-order valence-electron chi connectivity index (χ2n) is 6.40. The summed E-state index contributed by atoms with van der Waals surface area (Å²) in [7, 11) is 0. The highest BCUT2D eigenvalue weighted by molar-refractivity contribution is 5.53. The van der Waals surface area contributed by atoms with Gasteiger partial charge in [0.25, 0.3) is 5.69 Å². The first-order chi connectivity index (χ1) is 13.1. The first-order valence-electron chi connectivity index (χ1n) is 8.50. The standard InChI is InChI=1S/C19H16FN5O2/c20-17-4-3-16(25(26)27)8-14(17)11-24-7-5-18-15(12-24)10-22-19(23-18)13-2-1-6-21-9-13/h1-4,6,8-10H,5,7,11-12H2.